The fourth-order valence-electron chi connectivity index (χ4n) is 2.22. The second-order valence-corrected chi connectivity index (χ2v) is 4.89. The molecule has 2 aromatic carbocycles. The third kappa shape index (κ3) is 2.78. The average Bonchev–Trinajstić information content (AvgIpc) is 2.57. The monoisotopic (exact) mass is 335 g/mol. The lowest BCUT2D eigenvalue weighted by atomic mass is 10.1. The van der Waals surface area contributed by atoms with Crippen LogP contribution in [0.2, 0.25) is 0 Å². The molecule has 0 atom stereocenters. The summed E-state index contributed by atoms with van der Waals surface area (Å²) in [7, 11) is 1.33. The number of anilines is 1. The Bertz CT molecular complexity index is 919. The first-order chi connectivity index (χ1) is 11.5. The predicted octanol–water partition coefficient (Wildman–Crippen LogP) is 3.22. The van der Waals surface area contributed by atoms with E-state index in [1.807, 2.05) is 0 Å². The Hall–Kier alpha value is -3.03. The lowest BCUT2D eigenvalue weighted by Crippen LogP contribution is -2.05. The number of benzene rings is 2. The number of ether oxygens (including phenoxy) is 2. The predicted molar refractivity (Wildman–Crippen MR) is 81.2 cm³/mol. The zero-order valence-electron chi connectivity index (χ0n) is 12.5. The summed E-state index contributed by atoms with van der Waals surface area (Å²) in [6.07, 6.45) is 2.62. The van der Waals surface area contributed by atoms with Crippen molar-refractivity contribution in [2.45, 2.75) is 6.61 Å². The molecule has 3 rings (SSSR count). The van der Waals surface area contributed by atoms with Crippen LogP contribution in [-0.4, -0.2) is 17.1 Å². The highest BCUT2D eigenvalue weighted by atomic mass is 19.1. The molecular formula is C16H12F3N3O2. The summed E-state index contributed by atoms with van der Waals surface area (Å²) in [5.74, 6) is -2.09. The third-order valence-electron chi connectivity index (χ3n) is 3.41. The molecule has 1 aromatic heterocycles. The molecule has 0 aliphatic heterocycles. The molecule has 124 valence electrons. The Labute approximate surface area is 134 Å². The Morgan fingerprint density at radius 2 is 1.62 bits per heavy atom. The first-order valence-corrected chi connectivity index (χ1v) is 6.84. The summed E-state index contributed by atoms with van der Waals surface area (Å²) in [5.41, 5.74) is 5.35. The molecule has 1 heterocycles. The molecule has 0 amide bonds. The second kappa shape index (κ2) is 6.23. The maximum Gasteiger partial charge on any atom is 0.163 e. The second-order valence-electron chi connectivity index (χ2n) is 4.89. The number of methoxy groups -OCH3 is 1. The van der Waals surface area contributed by atoms with E-state index in [1.54, 1.807) is 0 Å². The van der Waals surface area contributed by atoms with E-state index in [4.69, 9.17) is 15.2 Å². The zero-order valence-corrected chi connectivity index (χ0v) is 12.5. The van der Waals surface area contributed by atoms with Gasteiger partial charge in [0.2, 0.25) is 0 Å². The lowest BCUT2D eigenvalue weighted by Gasteiger charge is -2.13. The van der Waals surface area contributed by atoms with E-state index < -0.39 is 17.5 Å². The highest BCUT2D eigenvalue weighted by Crippen LogP contribution is 2.32. The fourth-order valence-corrected chi connectivity index (χ4v) is 2.22. The molecule has 0 unspecified atom stereocenters. The van der Waals surface area contributed by atoms with Gasteiger partial charge in [0.25, 0.3) is 0 Å². The van der Waals surface area contributed by atoms with Crippen LogP contribution >= 0.6 is 0 Å². The van der Waals surface area contributed by atoms with Crippen LogP contribution in [0.1, 0.15) is 5.56 Å². The van der Waals surface area contributed by atoms with Crippen molar-refractivity contribution < 1.29 is 22.6 Å². The van der Waals surface area contributed by atoms with Gasteiger partial charge in [0, 0.05) is 30.6 Å². The Morgan fingerprint density at radius 3 is 2.33 bits per heavy atom. The van der Waals surface area contributed by atoms with Gasteiger partial charge in [-0.3, -0.25) is 4.98 Å². The summed E-state index contributed by atoms with van der Waals surface area (Å²) in [6.45, 7) is -0.289. The molecule has 0 aliphatic carbocycles. The molecule has 8 heteroatoms. The zero-order chi connectivity index (χ0) is 17.3. The molecule has 3 aromatic rings. The Balaban J connectivity index is 1.99. The van der Waals surface area contributed by atoms with Gasteiger partial charge in [-0.15, -0.1) is 0 Å². The van der Waals surface area contributed by atoms with Gasteiger partial charge in [-0.05, 0) is 0 Å². The van der Waals surface area contributed by atoms with E-state index in [2.05, 4.69) is 9.97 Å². The SMILES string of the molecule is COc1cc(F)c(N)cc1OCc1c(F)cc(F)c2nccnc12. The van der Waals surface area contributed by atoms with Gasteiger partial charge in [-0.2, -0.15) is 0 Å². The van der Waals surface area contributed by atoms with Gasteiger partial charge in [0.05, 0.1) is 18.4 Å². The largest absolute Gasteiger partial charge is 0.493 e. The number of hydrogen-bond donors (Lipinski definition) is 1. The summed E-state index contributed by atoms with van der Waals surface area (Å²) in [6, 6.07) is 3.00. The van der Waals surface area contributed by atoms with Crippen molar-refractivity contribution in [1.82, 2.24) is 9.97 Å². The minimum Gasteiger partial charge on any atom is -0.493 e. The Kier molecular flexibility index (Phi) is 4.11. The van der Waals surface area contributed by atoms with Crippen LogP contribution in [0.4, 0.5) is 18.9 Å². The maximum atomic E-state index is 14.1. The highest BCUT2D eigenvalue weighted by Gasteiger charge is 2.16. The third-order valence-corrected chi connectivity index (χ3v) is 3.41. The van der Waals surface area contributed by atoms with Crippen molar-refractivity contribution >= 4 is 16.7 Å². The molecule has 2 N–H and O–H groups in total. The summed E-state index contributed by atoms with van der Waals surface area (Å²) in [5, 5.41) is 0. The van der Waals surface area contributed by atoms with Crippen molar-refractivity contribution in [3.63, 3.8) is 0 Å². The molecule has 0 aliphatic rings. The van der Waals surface area contributed by atoms with Crippen LogP contribution in [-0.2, 0) is 6.61 Å². The molecule has 0 fully saturated rings. The minimum atomic E-state index is -0.824. The van der Waals surface area contributed by atoms with Crippen molar-refractivity contribution in [2.75, 3.05) is 12.8 Å². The van der Waals surface area contributed by atoms with Crippen molar-refractivity contribution in [3.05, 3.63) is 53.6 Å². The van der Waals surface area contributed by atoms with Crippen molar-refractivity contribution in [1.29, 1.82) is 0 Å². The maximum absolute atomic E-state index is 14.1. The van der Waals surface area contributed by atoms with E-state index in [0.29, 0.717) is 6.07 Å². The molecule has 5 nitrogen and oxygen atoms in total. The molecular weight excluding hydrogens is 323 g/mol. The molecule has 24 heavy (non-hydrogen) atoms. The Morgan fingerprint density at radius 1 is 0.917 bits per heavy atom. The number of halogens is 3. The quantitative estimate of drug-likeness (QED) is 0.741. The van der Waals surface area contributed by atoms with E-state index in [9.17, 15) is 13.2 Å². The van der Waals surface area contributed by atoms with Gasteiger partial charge in [-0.1, -0.05) is 0 Å². The van der Waals surface area contributed by atoms with Gasteiger partial charge in [-0.25, -0.2) is 18.2 Å². The van der Waals surface area contributed by atoms with Crippen molar-refractivity contribution in [2.24, 2.45) is 0 Å². The van der Waals surface area contributed by atoms with E-state index in [1.165, 1.54) is 25.6 Å². The number of rotatable bonds is 4. The van der Waals surface area contributed by atoms with E-state index >= 15 is 0 Å². The summed E-state index contributed by atoms with van der Waals surface area (Å²) < 4.78 is 51.8. The van der Waals surface area contributed by atoms with E-state index in [-0.39, 0.29) is 40.4 Å². The summed E-state index contributed by atoms with van der Waals surface area (Å²) in [4.78, 5) is 7.79. The first kappa shape index (κ1) is 15.9. The van der Waals surface area contributed by atoms with Crippen LogP contribution in [0.15, 0.2) is 30.6 Å². The number of nitrogens with zero attached hydrogens (tertiary/aromatic N) is 2. The highest BCUT2D eigenvalue weighted by molar-refractivity contribution is 5.78. The molecule has 0 bridgehead atoms. The van der Waals surface area contributed by atoms with Crippen LogP contribution < -0.4 is 15.2 Å². The van der Waals surface area contributed by atoms with Gasteiger partial charge >= 0.3 is 0 Å². The molecule has 0 saturated carbocycles. The average molecular weight is 335 g/mol. The van der Waals surface area contributed by atoms with Crippen LogP contribution in [0.25, 0.3) is 11.0 Å². The molecule has 0 saturated heterocycles. The van der Waals surface area contributed by atoms with Crippen molar-refractivity contribution in [3.8, 4) is 11.5 Å². The number of nitrogen functional groups attached to an aromatic ring is 1. The van der Waals surface area contributed by atoms with Gasteiger partial charge in [0.1, 0.15) is 29.3 Å². The summed E-state index contributed by atoms with van der Waals surface area (Å²) >= 11 is 0. The number of aromatic nitrogens is 2. The number of hydrogen-bond acceptors (Lipinski definition) is 5. The normalized spacial score (nSPS) is 10.8. The van der Waals surface area contributed by atoms with Gasteiger partial charge in [0.15, 0.2) is 17.3 Å². The van der Waals surface area contributed by atoms with Crippen LogP contribution in [0.3, 0.4) is 0 Å². The molecule has 0 radical (unpaired) electrons. The number of nitrogens with two attached hydrogens (primary N) is 1. The van der Waals surface area contributed by atoms with E-state index in [0.717, 1.165) is 6.07 Å². The minimum absolute atomic E-state index is 0.0180. The van der Waals surface area contributed by atoms with Crippen LogP contribution in [0, 0.1) is 17.5 Å². The number of fused-ring (bicyclic) bond motifs is 1. The topological polar surface area (TPSA) is 70.3 Å². The van der Waals surface area contributed by atoms with Crippen LogP contribution in [0.5, 0.6) is 11.5 Å². The first-order valence-electron chi connectivity index (χ1n) is 6.84. The standard InChI is InChI=1S/C16H12F3N3O2/c1-23-13-5-10(18)12(20)6-14(13)24-7-8-9(17)4-11(19)16-15(8)21-2-3-22-16/h2-6H,7,20H2,1H3. The van der Waals surface area contributed by atoms with Gasteiger partial charge < -0.3 is 15.2 Å². The molecule has 0 spiro atoms. The smallest absolute Gasteiger partial charge is 0.163 e. The lowest BCUT2D eigenvalue weighted by molar-refractivity contribution is 0.280. The fraction of sp³-hybridized carbons (Fsp3) is 0.125.